The van der Waals surface area contributed by atoms with Crippen LogP contribution in [0.2, 0.25) is 0 Å². The van der Waals surface area contributed by atoms with Crippen LogP contribution >= 0.6 is 0 Å². The van der Waals surface area contributed by atoms with E-state index in [0.717, 1.165) is 20.0 Å². The molecule has 1 rings (SSSR count). The maximum atomic E-state index is 9.00. The first-order chi connectivity index (χ1) is 9.66. The van der Waals surface area contributed by atoms with Crippen LogP contribution in [0.3, 0.4) is 0 Å². The van der Waals surface area contributed by atoms with Gasteiger partial charge in [0.15, 0.2) is 0 Å². The van der Waals surface area contributed by atoms with Gasteiger partial charge in [0.25, 0.3) is 5.97 Å². The van der Waals surface area contributed by atoms with Crippen LogP contribution in [-0.2, 0) is 4.79 Å². The van der Waals surface area contributed by atoms with E-state index in [1.807, 2.05) is 6.07 Å². The third-order valence-electron chi connectivity index (χ3n) is 2.58. The van der Waals surface area contributed by atoms with Gasteiger partial charge in [0.1, 0.15) is 0 Å². The quantitative estimate of drug-likeness (QED) is 0.707. The van der Waals surface area contributed by atoms with Gasteiger partial charge in [-0.15, -0.1) is 0 Å². The Labute approximate surface area is 122 Å². The molecule has 0 spiro atoms. The van der Waals surface area contributed by atoms with Gasteiger partial charge < -0.3 is 10.4 Å². The van der Waals surface area contributed by atoms with Crippen molar-refractivity contribution in [1.82, 2.24) is 5.32 Å². The number of benzene rings is 1. The lowest BCUT2D eigenvalue weighted by atomic mass is 10.2. The summed E-state index contributed by atoms with van der Waals surface area (Å²) in [5.41, 5.74) is 1.27. The van der Waals surface area contributed by atoms with Crippen molar-refractivity contribution in [2.45, 2.75) is 39.5 Å². The molecule has 1 aromatic rings. The Kier molecular flexibility index (Phi) is 12.7. The van der Waals surface area contributed by atoms with Crippen molar-refractivity contribution < 1.29 is 9.90 Å². The molecule has 0 atom stereocenters. The molecule has 0 saturated heterocycles. The Morgan fingerprint density at radius 2 is 1.85 bits per heavy atom. The fourth-order valence-corrected chi connectivity index (χ4v) is 1.62. The number of unbranched alkanes of at least 4 members (excludes halogenated alkanes) is 3. The second kappa shape index (κ2) is 13.8. The van der Waals surface area contributed by atoms with Gasteiger partial charge >= 0.3 is 0 Å². The molecule has 1 aromatic carbocycles. The fourth-order valence-electron chi connectivity index (χ4n) is 1.62. The molecule has 3 nitrogen and oxygen atoms in total. The third kappa shape index (κ3) is 14.5. The molecule has 0 heterocycles. The van der Waals surface area contributed by atoms with E-state index in [4.69, 9.17) is 9.90 Å². The molecule has 0 unspecified atom stereocenters. The minimum absolute atomic E-state index is 0.833. The Bertz CT molecular complexity index is 357. The zero-order valence-corrected chi connectivity index (χ0v) is 12.6. The molecule has 112 valence electrons. The summed E-state index contributed by atoms with van der Waals surface area (Å²) < 4.78 is 0. The zero-order chi connectivity index (χ0) is 15.1. The Morgan fingerprint density at radius 1 is 1.20 bits per heavy atom. The average molecular weight is 277 g/mol. The normalized spacial score (nSPS) is 10.1. The van der Waals surface area contributed by atoms with Crippen LogP contribution in [0, 0.1) is 0 Å². The van der Waals surface area contributed by atoms with E-state index in [9.17, 15) is 0 Å². The smallest absolute Gasteiger partial charge is 0.300 e. The van der Waals surface area contributed by atoms with Crippen LogP contribution in [0.1, 0.15) is 45.1 Å². The highest BCUT2D eigenvalue weighted by Gasteiger charge is 1.86. The molecule has 2 N–H and O–H groups in total. The number of carboxylic acid groups (broad SMARTS) is 1. The van der Waals surface area contributed by atoms with Crippen molar-refractivity contribution in [3.05, 3.63) is 42.0 Å². The van der Waals surface area contributed by atoms with Crippen LogP contribution in [0.4, 0.5) is 0 Å². The molecule has 0 aliphatic heterocycles. The number of carboxylic acids is 1. The number of hydrogen-bond donors (Lipinski definition) is 2. The van der Waals surface area contributed by atoms with Crippen LogP contribution in [0.15, 0.2) is 36.4 Å². The van der Waals surface area contributed by atoms with E-state index in [1.54, 1.807) is 0 Å². The van der Waals surface area contributed by atoms with E-state index in [1.165, 1.54) is 31.2 Å². The van der Waals surface area contributed by atoms with Crippen molar-refractivity contribution in [3.63, 3.8) is 0 Å². The molecular weight excluding hydrogens is 250 g/mol. The average Bonchev–Trinajstić information content (AvgIpc) is 2.42. The predicted octanol–water partition coefficient (Wildman–Crippen LogP) is 3.96. The Morgan fingerprint density at radius 3 is 2.45 bits per heavy atom. The van der Waals surface area contributed by atoms with E-state index in [0.29, 0.717) is 0 Å². The Balaban J connectivity index is 0.000000796. The fraction of sp³-hybridized carbons (Fsp3) is 0.471. The van der Waals surface area contributed by atoms with E-state index in [-0.39, 0.29) is 0 Å². The minimum Gasteiger partial charge on any atom is -0.481 e. The van der Waals surface area contributed by atoms with Gasteiger partial charge in [0, 0.05) is 13.5 Å². The summed E-state index contributed by atoms with van der Waals surface area (Å²) >= 11 is 0. The summed E-state index contributed by atoms with van der Waals surface area (Å²) in [5, 5.41) is 10.8. The van der Waals surface area contributed by atoms with Crippen LogP contribution in [0.5, 0.6) is 0 Å². The van der Waals surface area contributed by atoms with Crippen LogP contribution < -0.4 is 5.32 Å². The molecular formula is C17H27NO2. The Hall–Kier alpha value is -1.61. The zero-order valence-electron chi connectivity index (χ0n) is 12.6. The van der Waals surface area contributed by atoms with E-state index in [2.05, 4.69) is 48.7 Å². The highest BCUT2D eigenvalue weighted by atomic mass is 16.4. The highest BCUT2D eigenvalue weighted by molar-refractivity contribution is 5.62. The molecule has 0 aliphatic carbocycles. The highest BCUT2D eigenvalue weighted by Crippen LogP contribution is 2.00. The maximum Gasteiger partial charge on any atom is 0.300 e. The van der Waals surface area contributed by atoms with Crippen molar-refractivity contribution in [2.75, 3.05) is 13.1 Å². The van der Waals surface area contributed by atoms with Gasteiger partial charge in [0.05, 0.1) is 0 Å². The lowest BCUT2D eigenvalue weighted by molar-refractivity contribution is -0.134. The molecule has 3 heteroatoms. The molecule has 0 aromatic heterocycles. The molecule has 0 bridgehead atoms. The summed E-state index contributed by atoms with van der Waals surface area (Å²) in [7, 11) is 0. The van der Waals surface area contributed by atoms with Gasteiger partial charge in [-0.2, -0.15) is 0 Å². The number of carbonyl (C=O) groups is 1. The number of aliphatic carboxylic acids is 1. The van der Waals surface area contributed by atoms with Crippen molar-refractivity contribution in [2.24, 2.45) is 0 Å². The van der Waals surface area contributed by atoms with Crippen molar-refractivity contribution in [3.8, 4) is 0 Å². The second-order valence-electron chi connectivity index (χ2n) is 4.60. The molecule has 0 saturated carbocycles. The minimum atomic E-state index is -0.833. The van der Waals surface area contributed by atoms with Crippen molar-refractivity contribution in [1.29, 1.82) is 0 Å². The first-order valence-electron chi connectivity index (χ1n) is 7.28. The number of hydrogen-bond acceptors (Lipinski definition) is 2. The molecule has 0 radical (unpaired) electrons. The van der Waals surface area contributed by atoms with Gasteiger partial charge in [-0.3, -0.25) is 4.79 Å². The summed E-state index contributed by atoms with van der Waals surface area (Å²) in [5.74, 6) is -0.833. The lowest BCUT2D eigenvalue weighted by Gasteiger charge is -2.00. The molecule has 0 aliphatic rings. The number of nitrogens with one attached hydrogen (secondary N) is 1. The van der Waals surface area contributed by atoms with Gasteiger partial charge in [-0.1, -0.05) is 68.7 Å². The SMILES string of the molecule is CC(=O)O.CCCCCCNCC=Cc1ccccc1. The van der Waals surface area contributed by atoms with Crippen LogP contribution in [0.25, 0.3) is 6.08 Å². The largest absolute Gasteiger partial charge is 0.481 e. The predicted molar refractivity (Wildman–Crippen MR) is 85.8 cm³/mol. The van der Waals surface area contributed by atoms with Gasteiger partial charge in [-0.05, 0) is 18.5 Å². The summed E-state index contributed by atoms with van der Waals surface area (Å²) in [4.78, 5) is 9.00. The molecule has 20 heavy (non-hydrogen) atoms. The monoisotopic (exact) mass is 277 g/mol. The topological polar surface area (TPSA) is 49.3 Å². The molecule has 0 amide bonds. The first-order valence-corrected chi connectivity index (χ1v) is 7.28. The van der Waals surface area contributed by atoms with Gasteiger partial charge in [-0.25, -0.2) is 0 Å². The second-order valence-corrected chi connectivity index (χ2v) is 4.60. The van der Waals surface area contributed by atoms with Crippen LogP contribution in [-0.4, -0.2) is 24.2 Å². The summed E-state index contributed by atoms with van der Waals surface area (Å²) in [6.45, 7) is 5.44. The first kappa shape index (κ1) is 18.4. The number of rotatable bonds is 8. The van der Waals surface area contributed by atoms with Crippen molar-refractivity contribution >= 4 is 12.0 Å². The summed E-state index contributed by atoms with van der Waals surface area (Å²) in [6, 6.07) is 10.4. The standard InChI is InChI=1S/C15H23N.C2H4O2/c1-2-3-4-8-13-16-14-9-12-15-10-6-5-7-11-15;1-2(3)4/h5-7,9-12,16H,2-4,8,13-14H2,1H3;1H3,(H,3,4). The third-order valence-corrected chi connectivity index (χ3v) is 2.58. The van der Waals surface area contributed by atoms with E-state index >= 15 is 0 Å². The lowest BCUT2D eigenvalue weighted by Crippen LogP contribution is -2.14. The summed E-state index contributed by atoms with van der Waals surface area (Å²) in [6.07, 6.45) is 9.68. The molecule has 0 fully saturated rings. The van der Waals surface area contributed by atoms with Gasteiger partial charge in [0.2, 0.25) is 0 Å². The van der Waals surface area contributed by atoms with E-state index < -0.39 is 5.97 Å². The maximum absolute atomic E-state index is 9.00.